The highest BCUT2D eigenvalue weighted by Gasteiger charge is 2.04. The number of para-hydroxylation sites is 1. The van der Waals surface area contributed by atoms with Gasteiger partial charge < -0.3 is 4.74 Å². The summed E-state index contributed by atoms with van der Waals surface area (Å²) in [5, 5.41) is 4.24. The van der Waals surface area contributed by atoms with Crippen LogP contribution in [0.1, 0.15) is 0 Å². The van der Waals surface area contributed by atoms with Crippen LogP contribution in [0.15, 0.2) is 41.2 Å². The van der Waals surface area contributed by atoms with Gasteiger partial charge in [-0.3, -0.25) is 5.32 Å². The van der Waals surface area contributed by atoms with Crippen molar-refractivity contribution in [1.82, 2.24) is 4.98 Å². The normalized spacial score (nSPS) is 9.60. The molecule has 76 valence electrons. The number of ether oxygens (including phenoxy) is 1. The van der Waals surface area contributed by atoms with E-state index < -0.39 is 6.09 Å². The second-order valence-electron chi connectivity index (χ2n) is 2.70. The van der Waals surface area contributed by atoms with Crippen molar-refractivity contribution in [1.29, 1.82) is 0 Å². The molecule has 1 N–H and O–H groups in total. The summed E-state index contributed by atoms with van der Waals surface area (Å²) in [5.41, 5.74) is 1.64. The van der Waals surface area contributed by atoms with Gasteiger partial charge in [0.25, 0.3) is 0 Å². The van der Waals surface area contributed by atoms with Crippen molar-refractivity contribution in [2.24, 2.45) is 0 Å². The van der Waals surface area contributed by atoms with Gasteiger partial charge >= 0.3 is 6.09 Å². The first-order valence-corrected chi connectivity index (χ1v) is 5.21. The van der Waals surface area contributed by atoms with Crippen molar-refractivity contribution >= 4 is 23.2 Å². The Balaban J connectivity index is 1.94. The fraction of sp³-hybridized carbons (Fsp3) is 0. The molecule has 0 saturated heterocycles. The monoisotopic (exact) mass is 220 g/mol. The second-order valence-corrected chi connectivity index (χ2v) is 3.42. The van der Waals surface area contributed by atoms with Crippen LogP contribution in [-0.4, -0.2) is 11.1 Å². The summed E-state index contributed by atoms with van der Waals surface area (Å²) in [7, 11) is 0. The van der Waals surface area contributed by atoms with Crippen LogP contribution >= 0.6 is 11.3 Å². The van der Waals surface area contributed by atoms with E-state index in [-0.39, 0.29) is 0 Å². The number of carbonyl (C=O) groups excluding carboxylic acids is 1. The molecule has 5 heteroatoms. The first-order valence-electron chi connectivity index (χ1n) is 4.26. The Hall–Kier alpha value is -1.88. The van der Waals surface area contributed by atoms with E-state index in [2.05, 4.69) is 10.3 Å². The zero-order chi connectivity index (χ0) is 10.5. The lowest BCUT2D eigenvalue weighted by molar-refractivity contribution is 0.215. The predicted octanol–water partition coefficient (Wildman–Crippen LogP) is 2.75. The topological polar surface area (TPSA) is 51.2 Å². The molecule has 15 heavy (non-hydrogen) atoms. The number of amides is 1. The van der Waals surface area contributed by atoms with E-state index >= 15 is 0 Å². The fourth-order valence-electron chi connectivity index (χ4n) is 1.000. The molecule has 0 aliphatic rings. The van der Waals surface area contributed by atoms with Crippen LogP contribution in [0.2, 0.25) is 0 Å². The molecule has 1 aromatic carbocycles. The van der Waals surface area contributed by atoms with E-state index in [0.29, 0.717) is 11.6 Å². The van der Waals surface area contributed by atoms with Crippen LogP contribution in [-0.2, 0) is 0 Å². The lowest BCUT2D eigenvalue weighted by Gasteiger charge is -2.03. The summed E-state index contributed by atoms with van der Waals surface area (Å²) >= 11 is 1.41. The number of rotatable bonds is 2. The third-order valence-corrected chi connectivity index (χ3v) is 2.20. The Labute approximate surface area is 90.5 Å². The second kappa shape index (κ2) is 4.56. The molecule has 2 rings (SSSR count). The van der Waals surface area contributed by atoms with Gasteiger partial charge in [-0.2, -0.15) is 0 Å². The summed E-state index contributed by atoms with van der Waals surface area (Å²) in [6, 6.07) is 8.86. The summed E-state index contributed by atoms with van der Waals surface area (Å²) < 4.78 is 5.00. The number of hydrogen-bond acceptors (Lipinski definition) is 4. The minimum absolute atomic E-state index is 0.501. The van der Waals surface area contributed by atoms with E-state index in [1.165, 1.54) is 11.3 Å². The molecule has 4 nitrogen and oxygen atoms in total. The number of benzene rings is 1. The van der Waals surface area contributed by atoms with Gasteiger partial charge in [-0.05, 0) is 12.1 Å². The van der Waals surface area contributed by atoms with Crippen molar-refractivity contribution < 1.29 is 9.53 Å². The molecule has 0 fully saturated rings. The first kappa shape index (κ1) is 9.67. The standard InChI is InChI=1S/C10H8N2O2S/c13-10(12-9-6-15-7-11-9)14-8-4-2-1-3-5-8/h1-7H,(H,12,13). The Kier molecular flexibility index (Phi) is 2.94. The number of carbonyl (C=O) groups is 1. The average Bonchev–Trinajstić information content (AvgIpc) is 2.71. The molecule has 0 aliphatic heterocycles. The van der Waals surface area contributed by atoms with Crippen molar-refractivity contribution in [3.05, 3.63) is 41.2 Å². The first-order chi connectivity index (χ1) is 7.34. The van der Waals surface area contributed by atoms with E-state index in [9.17, 15) is 4.79 Å². The number of anilines is 1. The van der Waals surface area contributed by atoms with Crippen LogP contribution in [0, 0.1) is 0 Å². The van der Waals surface area contributed by atoms with Gasteiger partial charge in [0.1, 0.15) is 11.6 Å². The molecule has 0 spiro atoms. The molecule has 0 saturated carbocycles. The number of nitrogens with one attached hydrogen (secondary N) is 1. The third kappa shape index (κ3) is 2.78. The zero-order valence-corrected chi connectivity index (χ0v) is 8.53. The number of thiazole rings is 1. The Morgan fingerprint density at radius 3 is 2.80 bits per heavy atom. The highest BCUT2D eigenvalue weighted by Crippen LogP contribution is 2.11. The van der Waals surface area contributed by atoms with Gasteiger partial charge in [-0.15, -0.1) is 11.3 Å². The molecular weight excluding hydrogens is 212 g/mol. The van der Waals surface area contributed by atoms with Gasteiger partial charge in [0.2, 0.25) is 0 Å². The minimum atomic E-state index is -0.535. The van der Waals surface area contributed by atoms with Gasteiger partial charge in [-0.25, -0.2) is 9.78 Å². The molecule has 0 radical (unpaired) electrons. The van der Waals surface area contributed by atoms with E-state index in [1.54, 1.807) is 35.2 Å². The zero-order valence-electron chi connectivity index (χ0n) is 7.71. The molecule has 1 aromatic heterocycles. The Morgan fingerprint density at radius 2 is 2.13 bits per heavy atom. The van der Waals surface area contributed by atoms with Gasteiger partial charge in [0.15, 0.2) is 0 Å². The average molecular weight is 220 g/mol. The quantitative estimate of drug-likeness (QED) is 0.846. The lowest BCUT2D eigenvalue weighted by atomic mass is 10.3. The van der Waals surface area contributed by atoms with Crippen molar-refractivity contribution in [3.63, 3.8) is 0 Å². The summed E-state index contributed by atoms with van der Waals surface area (Å²) in [4.78, 5) is 15.2. The Bertz CT molecular complexity index is 428. The number of aromatic nitrogens is 1. The molecule has 1 heterocycles. The van der Waals surface area contributed by atoms with E-state index in [0.717, 1.165) is 0 Å². The molecular formula is C10H8N2O2S. The SMILES string of the molecule is O=C(Nc1cscn1)Oc1ccccc1. The maximum Gasteiger partial charge on any atom is 0.418 e. The van der Waals surface area contributed by atoms with E-state index in [1.807, 2.05) is 6.07 Å². The molecule has 1 amide bonds. The summed E-state index contributed by atoms with van der Waals surface area (Å²) in [6.45, 7) is 0. The fourth-order valence-corrected chi connectivity index (χ4v) is 1.48. The summed E-state index contributed by atoms with van der Waals surface area (Å²) in [6.07, 6.45) is -0.535. The molecule has 0 aliphatic carbocycles. The lowest BCUT2D eigenvalue weighted by Crippen LogP contribution is -2.16. The molecule has 0 unspecified atom stereocenters. The number of nitrogens with zero attached hydrogens (tertiary/aromatic N) is 1. The molecule has 0 bridgehead atoms. The maximum absolute atomic E-state index is 11.3. The van der Waals surface area contributed by atoms with Crippen molar-refractivity contribution in [2.75, 3.05) is 5.32 Å². The smallest absolute Gasteiger partial charge is 0.410 e. The molecule has 0 atom stereocenters. The van der Waals surface area contributed by atoms with Crippen LogP contribution in [0.25, 0.3) is 0 Å². The maximum atomic E-state index is 11.3. The highest BCUT2D eigenvalue weighted by molar-refractivity contribution is 7.07. The van der Waals surface area contributed by atoms with Crippen molar-refractivity contribution in [2.45, 2.75) is 0 Å². The van der Waals surface area contributed by atoms with Crippen LogP contribution in [0.3, 0.4) is 0 Å². The molecule has 2 aromatic rings. The van der Waals surface area contributed by atoms with Crippen LogP contribution in [0.5, 0.6) is 5.75 Å². The van der Waals surface area contributed by atoms with Crippen LogP contribution in [0.4, 0.5) is 10.6 Å². The third-order valence-electron chi connectivity index (χ3n) is 1.62. The highest BCUT2D eigenvalue weighted by atomic mass is 32.1. The van der Waals surface area contributed by atoms with Crippen molar-refractivity contribution in [3.8, 4) is 5.75 Å². The number of hydrogen-bond donors (Lipinski definition) is 1. The van der Waals surface area contributed by atoms with Crippen LogP contribution < -0.4 is 10.1 Å². The Morgan fingerprint density at radius 1 is 1.33 bits per heavy atom. The largest absolute Gasteiger partial charge is 0.418 e. The van der Waals surface area contributed by atoms with E-state index in [4.69, 9.17) is 4.74 Å². The van der Waals surface area contributed by atoms with Gasteiger partial charge in [-0.1, -0.05) is 18.2 Å². The minimum Gasteiger partial charge on any atom is -0.410 e. The van der Waals surface area contributed by atoms with Gasteiger partial charge in [0.05, 0.1) is 5.51 Å². The van der Waals surface area contributed by atoms with Gasteiger partial charge in [0, 0.05) is 5.38 Å². The predicted molar refractivity (Wildman–Crippen MR) is 58.2 cm³/mol. The summed E-state index contributed by atoms with van der Waals surface area (Å²) in [5.74, 6) is 1.01.